The summed E-state index contributed by atoms with van der Waals surface area (Å²) in [6.45, 7) is 1.91. The summed E-state index contributed by atoms with van der Waals surface area (Å²) in [6, 6.07) is 6.39. The molecule has 10 rings (SSSR count). The normalized spacial score (nSPS) is 29.4. The number of carboxylic acids is 1. The van der Waals surface area contributed by atoms with Crippen LogP contribution in [0.3, 0.4) is 0 Å². The zero-order chi connectivity index (χ0) is 35.8. The monoisotopic (exact) mass is 720 g/mol. The van der Waals surface area contributed by atoms with Crippen LogP contribution in [0.25, 0.3) is 0 Å². The van der Waals surface area contributed by atoms with Crippen LogP contribution < -0.4 is 19.9 Å². The number of nitrogens with zero attached hydrogens (tertiary/aromatic N) is 5. The molecule has 2 aliphatic heterocycles. The maximum Gasteiger partial charge on any atom is 0.434 e. The molecule has 52 heavy (non-hydrogen) atoms. The number of amides is 1. The highest BCUT2D eigenvalue weighted by molar-refractivity contribution is 5.99. The van der Waals surface area contributed by atoms with Crippen molar-refractivity contribution in [2.45, 2.75) is 100 Å². The lowest BCUT2D eigenvalue weighted by atomic mass is 9.48. The second-order valence-electron chi connectivity index (χ2n) is 16.1. The van der Waals surface area contributed by atoms with Gasteiger partial charge in [-0.3, -0.25) is 4.79 Å². The number of halogens is 3. The van der Waals surface area contributed by atoms with E-state index in [9.17, 15) is 27.9 Å². The molecule has 276 valence electrons. The fourth-order valence-corrected chi connectivity index (χ4v) is 11.0. The van der Waals surface area contributed by atoms with Crippen LogP contribution in [-0.2, 0) is 16.4 Å². The molecule has 1 spiro atoms. The summed E-state index contributed by atoms with van der Waals surface area (Å²) in [4.78, 5) is 43.1. The quantitative estimate of drug-likeness (QED) is 0.266. The molecule has 5 aliphatic carbocycles. The Kier molecular flexibility index (Phi) is 7.96. The molecule has 1 amide bonds. The largest absolute Gasteiger partial charge is 0.490 e. The Morgan fingerprint density at radius 3 is 2.33 bits per heavy atom. The molecule has 11 nitrogen and oxygen atoms in total. The Balaban J connectivity index is 0.996. The van der Waals surface area contributed by atoms with E-state index in [1.807, 2.05) is 18.2 Å². The number of piperidine rings is 1. The fraction of sp³-hybridized carbons (Fsp3) is 0.605. The maximum atomic E-state index is 14.8. The zero-order valence-electron chi connectivity index (χ0n) is 28.9. The molecular formula is C38H43F3N6O5. The molecule has 1 aromatic carbocycles. The van der Waals surface area contributed by atoms with Crippen LogP contribution in [0.4, 0.5) is 30.8 Å². The summed E-state index contributed by atoms with van der Waals surface area (Å²) in [7, 11) is 0. The van der Waals surface area contributed by atoms with E-state index in [0.29, 0.717) is 50.1 Å². The third-order valence-corrected chi connectivity index (χ3v) is 13.2. The van der Waals surface area contributed by atoms with Crippen LogP contribution in [0.5, 0.6) is 5.75 Å². The lowest BCUT2D eigenvalue weighted by Crippen LogP contribution is -2.70. The highest BCUT2D eigenvalue weighted by Gasteiger charge is 2.62. The molecule has 4 bridgehead atoms. The fourth-order valence-electron chi connectivity index (χ4n) is 11.0. The van der Waals surface area contributed by atoms with E-state index in [4.69, 9.17) is 9.15 Å². The average Bonchev–Trinajstić information content (AvgIpc) is 3.77. The first kappa shape index (κ1) is 33.5. The van der Waals surface area contributed by atoms with Crippen LogP contribution in [0.1, 0.15) is 98.7 Å². The number of alkyl halides is 3. The number of oxazole rings is 1. The summed E-state index contributed by atoms with van der Waals surface area (Å²) < 4.78 is 56.3. The Morgan fingerprint density at radius 1 is 0.981 bits per heavy atom. The van der Waals surface area contributed by atoms with Crippen molar-refractivity contribution in [2.75, 3.05) is 29.4 Å². The van der Waals surface area contributed by atoms with E-state index in [2.05, 4.69) is 25.2 Å². The minimum absolute atomic E-state index is 0.000390. The average molecular weight is 721 g/mol. The lowest BCUT2D eigenvalue weighted by Gasteiger charge is -2.59. The predicted molar refractivity (Wildman–Crippen MR) is 182 cm³/mol. The second-order valence-corrected chi connectivity index (χ2v) is 16.1. The number of benzene rings is 1. The summed E-state index contributed by atoms with van der Waals surface area (Å²) in [5.74, 6) is -1.49. The number of carbonyl (C=O) groups excluding carboxylic acids is 1. The number of ether oxygens (including phenoxy) is 1. The number of aromatic nitrogens is 3. The van der Waals surface area contributed by atoms with Gasteiger partial charge in [0.25, 0.3) is 11.9 Å². The number of carboxylic acid groups (broad SMARTS) is 1. The van der Waals surface area contributed by atoms with Gasteiger partial charge < -0.3 is 29.4 Å². The summed E-state index contributed by atoms with van der Waals surface area (Å²) in [5, 5.41) is 13.1. The van der Waals surface area contributed by atoms with Gasteiger partial charge in [0.05, 0.1) is 11.8 Å². The molecular weight excluding hydrogens is 677 g/mol. The third kappa shape index (κ3) is 5.50. The third-order valence-electron chi connectivity index (χ3n) is 13.2. The van der Waals surface area contributed by atoms with Crippen LogP contribution in [-0.4, -0.2) is 63.2 Å². The minimum Gasteiger partial charge on any atom is -0.490 e. The molecule has 3 aromatic rings. The molecule has 0 unspecified atom stereocenters. The van der Waals surface area contributed by atoms with Crippen molar-refractivity contribution < 1.29 is 37.0 Å². The smallest absolute Gasteiger partial charge is 0.434 e. The molecule has 0 atom stereocenters. The van der Waals surface area contributed by atoms with Gasteiger partial charge in [-0.1, -0.05) is 19.3 Å². The van der Waals surface area contributed by atoms with Gasteiger partial charge in [0.1, 0.15) is 23.7 Å². The highest BCUT2D eigenvalue weighted by Crippen LogP contribution is 2.58. The van der Waals surface area contributed by atoms with E-state index >= 15 is 0 Å². The van der Waals surface area contributed by atoms with Crippen molar-refractivity contribution in [1.29, 1.82) is 0 Å². The first-order chi connectivity index (χ1) is 25.0. The van der Waals surface area contributed by atoms with Crippen molar-refractivity contribution in [2.24, 2.45) is 23.7 Å². The number of anilines is 3. The van der Waals surface area contributed by atoms with Crippen LogP contribution in [0, 0.1) is 23.7 Å². The molecule has 14 heteroatoms. The first-order valence-corrected chi connectivity index (χ1v) is 18.8. The Hall–Kier alpha value is -4.36. The summed E-state index contributed by atoms with van der Waals surface area (Å²) >= 11 is 0. The standard InChI is InChI=1S/C38H43F3N6O5/c39-38(40,41)31-28(32(48)45-37(33(49)50)24-15-22-14-23(17-24)18-25(37)16-22)20-43-34(44-31)47-21-36(8-2-1-3-9-36)29-19-27(4-5-30(29)47)52-26-6-11-46(12-7-26)35-42-10-13-51-35/h4-5,10,13,19-20,22-26H,1-3,6-9,11-12,14-18,21H2,(H,45,48)(H,49,50). The van der Waals surface area contributed by atoms with Gasteiger partial charge in [-0.15, -0.1) is 0 Å². The number of rotatable bonds is 7. The maximum absolute atomic E-state index is 14.8. The van der Waals surface area contributed by atoms with Crippen molar-refractivity contribution in [1.82, 2.24) is 20.3 Å². The van der Waals surface area contributed by atoms with E-state index in [0.717, 1.165) is 87.7 Å². The molecule has 4 heterocycles. The van der Waals surface area contributed by atoms with Crippen LogP contribution in [0.15, 0.2) is 41.3 Å². The van der Waals surface area contributed by atoms with Crippen molar-refractivity contribution >= 4 is 29.5 Å². The van der Waals surface area contributed by atoms with Crippen LogP contribution in [0.2, 0.25) is 0 Å². The molecule has 5 saturated carbocycles. The van der Waals surface area contributed by atoms with Gasteiger partial charge in [-0.2, -0.15) is 13.2 Å². The van der Waals surface area contributed by atoms with Gasteiger partial charge in [0.15, 0.2) is 5.69 Å². The molecule has 2 aromatic heterocycles. The number of hydrogen-bond acceptors (Lipinski definition) is 9. The Morgan fingerprint density at radius 2 is 1.69 bits per heavy atom. The number of carbonyl (C=O) groups is 2. The van der Waals surface area contributed by atoms with E-state index in [-0.39, 0.29) is 29.3 Å². The van der Waals surface area contributed by atoms with E-state index < -0.39 is 34.8 Å². The molecule has 7 aliphatic rings. The predicted octanol–water partition coefficient (Wildman–Crippen LogP) is 6.89. The van der Waals surface area contributed by atoms with Crippen molar-refractivity contribution in [3.05, 3.63) is 53.7 Å². The van der Waals surface area contributed by atoms with E-state index in [1.165, 1.54) is 0 Å². The van der Waals surface area contributed by atoms with E-state index in [1.54, 1.807) is 17.4 Å². The highest BCUT2D eigenvalue weighted by atomic mass is 19.4. The number of aliphatic carboxylic acids is 1. The molecule has 1 saturated heterocycles. The first-order valence-electron chi connectivity index (χ1n) is 18.8. The van der Waals surface area contributed by atoms with Crippen molar-refractivity contribution in [3.8, 4) is 5.75 Å². The second kappa shape index (κ2) is 12.4. The van der Waals surface area contributed by atoms with Gasteiger partial charge in [-0.05, 0) is 92.4 Å². The zero-order valence-corrected chi connectivity index (χ0v) is 28.9. The SMILES string of the molecule is O=C(NC1(C(=O)O)C2CC3CC(C2)CC1C3)c1cnc(N2CC3(CCCCC3)c3cc(OC4CCN(c5ncco5)CC4)ccc32)nc1C(F)(F)F. The van der Waals surface area contributed by atoms with Crippen LogP contribution >= 0.6 is 0 Å². The Labute approximate surface area is 299 Å². The molecule has 6 fully saturated rings. The summed E-state index contributed by atoms with van der Waals surface area (Å²) in [6.07, 6.45) is 9.28. The van der Waals surface area contributed by atoms with Gasteiger partial charge >= 0.3 is 12.1 Å². The molecule has 2 N–H and O–H groups in total. The number of fused-ring (bicyclic) bond motifs is 2. The number of nitrogens with one attached hydrogen (secondary N) is 1. The number of hydrogen-bond donors (Lipinski definition) is 2. The molecule has 0 radical (unpaired) electrons. The van der Waals surface area contributed by atoms with Gasteiger partial charge in [0.2, 0.25) is 5.95 Å². The summed E-state index contributed by atoms with van der Waals surface area (Å²) in [5.41, 5.74) is -2.26. The topological polar surface area (TPSA) is 134 Å². The Bertz CT molecular complexity index is 1830. The van der Waals surface area contributed by atoms with Gasteiger partial charge in [-0.25, -0.2) is 19.7 Å². The van der Waals surface area contributed by atoms with Gasteiger partial charge in [0, 0.05) is 49.8 Å². The lowest BCUT2D eigenvalue weighted by molar-refractivity contribution is -0.163. The van der Waals surface area contributed by atoms with Crippen molar-refractivity contribution in [3.63, 3.8) is 0 Å². The minimum atomic E-state index is -4.98.